The number of primary amides is 1. The van der Waals surface area contributed by atoms with Crippen LogP contribution in [-0.4, -0.2) is 16.3 Å². The molecule has 0 saturated heterocycles. The number of hydrogen-bond donors (Lipinski definition) is 1. The van der Waals surface area contributed by atoms with Gasteiger partial charge < -0.3 is 14.9 Å². The molecule has 0 bridgehead atoms. The Morgan fingerprint density at radius 1 is 1.23 bits per heavy atom. The van der Waals surface area contributed by atoms with Gasteiger partial charge in [-0.2, -0.15) is 0 Å². The van der Waals surface area contributed by atoms with Crippen molar-refractivity contribution in [1.82, 2.24) is 10.2 Å². The summed E-state index contributed by atoms with van der Waals surface area (Å²) in [6, 6.07) is 11.6. The third kappa shape index (κ3) is 4.18. The van der Waals surface area contributed by atoms with Crippen LogP contribution in [-0.2, 0) is 11.2 Å². The Hall–Kier alpha value is -2.93. The number of benzene rings is 2. The van der Waals surface area contributed by atoms with Crippen molar-refractivity contribution in [2.24, 2.45) is 5.73 Å². The van der Waals surface area contributed by atoms with E-state index in [4.69, 9.17) is 26.5 Å². The van der Waals surface area contributed by atoms with E-state index in [1.807, 2.05) is 12.1 Å². The summed E-state index contributed by atoms with van der Waals surface area (Å²) >= 11 is 5.90. The second kappa shape index (κ2) is 7.53. The first-order chi connectivity index (χ1) is 12.4. The molecule has 134 valence electrons. The van der Waals surface area contributed by atoms with E-state index in [9.17, 15) is 9.18 Å². The van der Waals surface area contributed by atoms with Crippen molar-refractivity contribution in [2.45, 2.75) is 19.4 Å². The molecule has 3 aromatic rings. The summed E-state index contributed by atoms with van der Waals surface area (Å²) in [4.78, 5) is 11.3. The summed E-state index contributed by atoms with van der Waals surface area (Å²) in [7, 11) is 0. The van der Waals surface area contributed by atoms with Gasteiger partial charge in [-0.3, -0.25) is 0 Å². The van der Waals surface area contributed by atoms with Gasteiger partial charge in [-0.25, -0.2) is 9.18 Å². The molecule has 1 aromatic heterocycles. The van der Waals surface area contributed by atoms with Crippen molar-refractivity contribution in [2.75, 3.05) is 0 Å². The Kier molecular flexibility index (Phi) is 5.18. The van der Waals surface area contributed by atoms with Crippen LogP contribution in [0.1, 0.15) is 23.4 Å². The first kappa shape index (κ1) is 17.9. The summed E-state index contributed by atoms with van der Waals surface area (Å²) in [6.45, 7) is 1.63. The van der Waals surface area contributed by atoms with Gasteiger partial charge in [0, 0.05) is 17.5 Å². The molecule has 6 nitrogen and oxygen atoms in total. The molecule has 8 heteroatoms. The number of hydrogen-bond acceptors (Lipinski definition) is 5. The van der Waals surface area contributed by atoms with Gasteiger partial charge >= 0.3 is 6.09 Å². The molecule has 0 radical (unpaired) electrons. The number of carbonyl (C=O) groups is 1. The van der Waals surface area contributed by atoms with Crippen molar-refractivity contribution < 1.29 is 18.3 Å². The van der Waals surface area contributed by atoms with Crippen molar-refractivity contribution >= 4 is 17.7 Å². The van der Waals surface area contributed by atoms with Gasteiger partial charge in [0.2, 0.25) is 11.8 Å². The number of aromatic nitrogens is 2. The number of aryl methyl sites for hydroxylation is 1. The molecule has 0 spiro atoms. The molecule has 3 rings (SSSR count). The molecule has 2 N–H and O–H groups in total. The lowest BCUT2D eigenvalue weighted by atomic mass is 9.98. The lowest BCUT2D eigenvalue weighted by Gasteiger charge is -2.17. The minimum atomic E-state index is -1.03. The predicted molar refractivity (Wildman–Crippen MR) is 93.0 cm³/mol. The van der Waals surface area contributed by atoms with Crippen molar-refractivity contribution in [3.05, 3.63) is 70.6 Å². The van der Waals surface area contributed by atoms with Gasteiger partial charge in [-0.15, -0.1) is 10.2 Å². The molecule has 0 aliphatic heterocycles. The number of amides is 1. The number of rotatable bonds is 5. The average Bonchev–Trinajstić information content (AvgIpc) is 3.00. The van der Waals surface area contributed by atoms with Crippen LogP contribution in [0.4, 0.5) is 9.18 Å². The highest BCUT2D eigenvalue weighted by Gasteiger charge is 2.23. The fourth-order valence-electron chi connectivity index (χ4n) is 2.55. The highest BCUT2D eigenvalue weighted by Crippen LogP contribution is 2.30. The minimum Gasteiger partial charge on any atom is -0.441 e. The smallest absolute Gasteiger partial charge is 0.405 e. The van der Waals surface area contributed by atoms with Crippen LogP contribution in [0.15, 0.2) is 46.9 Å². The normalized spacial score (nSPS) is 12.0. The standard InChI is InChI=1S/C18H15ClFN3O3/c1-10-22-23-17(25-10)9-16(26-18(21)24)14-8-12(4-7-15(14)20)11-2-5-13(19)6-3-11/h2-8,16H,9H2,1H3,(H2,21,24). The zero-order valence-electron chi connectivity index (χ0n) is 13.8. The maximum atomic E-state index is 14.4. The molecule has 0 aliphatic carbocycles. The Morgan fingerprint density at radius 3 is 2.54 bits per heavy atom. The SMILES string of the molecule is Cc1nnc(CC(OC(N)=O)c2cc(-c3ccc(Cl)cc3)ccc2F)o1. The first-order valence-electron chi connectivity index (χ1n) is 7.73. The molecule has 0 saturated carbocycles. The Balaban J connectivity index is 1.97. The second-order valence-electron chi connectivity index (χ2n) is 5.59. The minimum absolute atomic E-state index is 0.00473. The van der Waals surface area contributed by atoms with E-state index in [1.165, 1.54) is 6.07 Å². The fourth-order valence-corrected chi connectivity index (χ4v) is 2.67. The average molecular weight is 376 g/mol. The van der Waals surface area contributed by atoms with Gasteiger partial charge in [0.05, 0.1) is 6.42 Å². The lowest BCUT2D eigenvalue weighted by molar-refractivity contribution is 0.100. The fraction of sp³-hybridized carbons (Fsp3) is 0.167. The van der Waals surface area contributed by atoms with Crippen molar-refractivity contribution in [1.29, 1.82) is 0 Å². The lowest BCUT2D eigenvalue weighted by Crippen LogP contribution is -2.20. The zero-order chi connectivity index (χ0) is 18.7. The van der Waals surface area contributed by atoms with Gasteiger partial charge in [0.25, 0.3) is 0 Å². The number of halogens is 2. The number of carbonyl (C=O) groups excluding carboxylic acids is 1. The van der Waals surface area contributed by atoms with Crippen LogP contribution in [0, 0.1) is 12.7 Å². The maximum absolute atomic E-state index is 14.4. The van der Waals surface area contributed by atoms with Crippen LogP contribution in [0.5, 0.6) is 0 Å². The van der Waals surface area contributed by atoms with Crippen molar-refractivity contribution in [3.8, 4) is 11.1 Å². The quantitative estimate of drug-likeness (QED) is 0.721. The van der Waals surface area contributed by atoms with E-state index in [-0.39, 0.29) is 17.9 Å². The van der Waals surface area contributed by atoms with Gasteiger partial charge in [-0.05, 0) is 35.4 Å². The number of nitrogens with zero attached hydrogens (tertiary/aromatic N) is 2. The monoisotopic (exact) mass is 375 g/mol. The van der Waals surface area contributed by atoms with E-state index in [0.29, 0.717) is 10.9 Å². The molecule has 0 aliphatic rings. The Morgan fingerprint density at radius 2 is 1.92 bits per heavy atom. The van der Waals surface area contributed by atoms with Gasteiger partial charge in [0.15, 0.2) is 0 Å². The Labute approximate surface area is 153 Å². The summed E-state index contributed by atoms with van der Waals surface area (Å²) in [5, 5.41) is 8.16. The van der Waals surface area contributed by atoms with Crippen LogP contribution < -0.4 is 5.73 Å². The zero-order valence-corrected chi connectivity index (χ0v) is 14.5. The molecule has 1 unspecified atom stereocenters. The highest BCUT2D eigenvalue weighted by atomic mass is 35.5. The van der Waals surface area contributed by atoms with Crippen LogP contribution >= 0.6 is 11.6 Å². The predicted octanol–water partition coefficient (Wildman–Crippen LogP) is 4.22. The van der Waals surface area contributed by atoms with E-state index >= 15 is 0 Å². The van der Waals surface area contributed by atoms with Crippen LogP contribution in [0.3, 0.4) is 0 Å². The molecular formula is C18H15ClFN3O3. The molecular weight excluding hydrogens is 361 g/mol. The van der Waals surface area contributed by atoms with Crippen LogP contribution in [0.25, 0.3) is 11.1 Å². The van der Waals surface area contributed by atoms with Crippen LogP contribution in [0.2, 0.25) is 5.02 Å². The number of ether oxygens (including phenoxy) is 1. The summed E-state index contributed by atoms with van der Waals surface area (Å²) in [5.74, 6) is 0.0310. The second-order valence-corrected chi connectivity index (χ2v) is 6.02. The largest absolute Gasteiger partial charge is 0.441 e. The number of nitrogens with two attached hydrogens (primary N) is 1. The van der Waals surface area contributed by atoms with Gasteiger partial charge in [0.1, 0.15) is 11.9 Å². The molecule has 1 amide bonds. The first-order valence-corrected chi connectivity index (χ1v) is 8.10. The third-order valence-electron chi connectivity index (χ3n) is 3.71. The van der Waals surface area contributed by atoms with E-state index in [0.717, 1.165) is 11.1 Å². The molecule has 2 aromatic carbocycles. The topological polar surface area (TPSA) is 91.2 Å². The molecule has 1 atom stereocenters. The maximum Gasteiger partial charge on any atom is 0.405 e. The highest BCUT2D eigenvalue weighted by molar-refractivity contribution is 6.30. The summed E-state index contributed by atoms with van der Waals surface area (Å²) in [5.41, 5.74) is 6.87. The van der Waals surface area contributed by atoms with E-state index in [2.05, 4.69) is 10.2 Å². The molecule has 1 heterocycles. The molecule has 26 heavy (non-hydrogen) atoms. The summed E-state index contributed by atoms with van der Waals surface area (Å²) < 4.78 is 24.8. The molecule has 0 fully saturated rings. The van der Waals surface area contributed by atoms with Gasteiger partial charge in [-0.1, -0.05) is 29.8 Å². The summed E-state index contributed by atoms with van der Waals surface area (Å²) in [6.07, 6.45) is -2.02. The third-order valence-corrected chi connectivity index (χ3v) is 3.96. The van der Waals surface area contributed by atoms with E-state index < -0.39 is 18.0 Å². The van der Waals surface area contributed by atoms with E-state index in [1.54, 1.807) is 31.2 Å². The van der Waals surface area contributed by atoms with Crippen molar-refractivity contribution in [3.63, 3.8) is 0 Å². The Bertz CT molecular complexity index is 928.